The molecule has 28 heavy (non-hydrogen) atoms. The number of carbonyl (C=O) groups excluding carboxylic acids is 1. The zero-order valence-electron chi connectivity index (χ0n) is 15.2. The van der Waals surface area contributed by atoms with Crippen LogP contribution >= 0.6 is 0 Å². The Hall–Kier alpha value is -2.39. The van der Waals surface area contributed by atoms with E-state index in [0.29, 0.717) is 17.8 Å². The van der Waals surface area contributed by atoms with E-state index in [1.807, 2.05) is 18.2 Å². The summed E-state index contributed by atoms with van der Waals surface area (Å²) < 4.78 is 51.8. The highest BCUT2D eigenvalue weighted by Crippen LogP contribution is 2.34. The van der Waals surface area contributed by atoms with Gasteiger partial charge in [-0.2, -0.15) is 4.31 Å². The third kappa shape index (κ3) is 3.18. The summed E-state index contributed by atoms with van der Waals surface area (Å²) in [6.07, 6.45) is 3.76. The van der Waals surface area contributed by atoms with Gasteiger partial charge in [0.25, 0.3) is 5.92 Å². The number of halogens is 2. The average Bonchev–Trinajstić information content (AvgIpc) is 2.65. The first-order valence-corrected chi connectivity index (χ1v) is 10.4. The zero-order valence-corrected chi connectivity index (χ0v) is 16.0. The number of carbonyl (C=O) groups is 1. The topological polar surface area (TPSA) is 70.6 Å². The summed E-state index contributed by atoms with van der Waals surface area (Å²) in [7, 11) is -3.97. The molecule has 1 amide bonds. The van der Waals surface area contributed by atoms with E-state index in [1.54, 1.807) is 11.8 Å². The molecule has 1 aromatic heterocycles. The van der Waals surface area contributed by atoms with Crippen molar-refractivity contribution < 1.29 is 22.0 Å². The number of fused-ring (bicyclic) bond motifs is 1. The minimum atomic E-state index is -3.97. The monoisotopic (exact) mass is 407 g/mol. The van der Waals surface area contributed by atoms with Crippen LogP contribution < -0.4 is 4.90 Å². The van der Waals surface area contributed by atoms with Gasteiger partial charge in [0.05, 0.1) is 18.8 Å². The van der Waals surface area contributed by atoms with Crippen molar-refractivity contribution in [2.24, 2.45) is 0 Å². The van der Waals surface area contributed by atoms with Gasteiger partial charge >= 0.3 is 0 Å². The van der Waals surface area contributed by atoms with Crippen molar-refractivity contribution in [3.05, 3.63) is 41.6 Å². The molecule has 1 saturated heterocycles. The Labute approximate surface area is 161 Å². The number of hydrogen-bond acceptors (Lipinski definition) is 4. The molecule has 0 N–H and O–H groups in total. The van der Waals surface area contributed by atoms with Crippen molar-refractivity contribution in [3.8, 4) is 11.3 Å². The molecule has 2 aliphatic heterocycles. The summed E-state index contributed by atoms with van der Waals surface area (Å²) in [6.45, 7) is 0.834. The molecule has 6 nitrogen and oxygen atoms in total. The lowest BCUT2D eigenvalue weighted by atomic mass is 9.97. The molecular formula is C19H19F2N3O3S. The molecular weight excluding hydrogens is 388 g/mol. The fourth-order valence-corrected chi connectivity index (χ4v) is 5.19. The van der Waals surface area contributed by atoms with Crippen LogP contribution in [-0.4, -0.2) is 49.7 Å². The molecule has 0 atom stereocenters. The van der Waals surface area contributed by atoms with Crippen LogP contribution in [0.4, 0.5) is 14.5 Å². The SMILES string of the molecule is Cc1cc(S(=O)(=O)N2CC(F)(F)C2)cnc1-c1ccc2c(c1)CCCN2C=O. The predicted molar refractivity (Wildman–Crippen MR) is 99.8 cm³/mol. The molecule has 4 rings (SSSR count). The van der Waals surface area contributed by atoms with Gasteiger partial charge in [0, 0.05) is 24.0 Å². The van der Waals surface area contributed by atoms with Crippen molar-refractivity contribution in [1.82, 2.24) is 9.29 Å². The van der Waals surface area contributed by atoms with Gasteiger partial charge in [-0.3, -0.25) is 9.78 Å². The summed E-state index contributed by atoms with van der Waals surface area (Å²) in [5.74, 6) is -2.96. The first-order chi connectivity index (χ1) is 13.2. The standard InChI is InChI=1S/C19H19F2N3O3S/c1-13-7-16(28(26,27)24-10-19(20,21)11-24)9-22-18(13)15-4-5-17-14(8-15)3-2-6-23(17)12-25/h4-5,7-9,12H,2-3,6,10-11H2,1H3. The quantitative estimate of drug-likeness (QED) is 0.731. The van der Waals surface area contributed by atoms with E-state index in [4.69, 9.17) is 0 Å². The second-order valence-corrected chi connectivity index (χ2v) is 9.15. The molecule has 2 aromatic rings. The molecule has 0 bridgehead atoms. The third-order valence-corrected chi connectivity index (χ3v) is 6.90. The highest BCUT2D eigenvalue weighted by atomic mass is 32.2. The second kappa shape index (κ2) is 6.59. The van der Waals surface area contributed by atoms with Gasteiger partial charge in [-0.1, -0.05) is 6.07 Å². The smallest absolute Gasteiger partial charge is 0.275 e. The van der Waals surface area contributed by atoms with Crippen LogP contribution in [0.25, 0.3) is 11.3 Å². The molecule has 0 aliphatic carbocycles. The van der Waals surface area contributed by atoms with E-state index in [1.165, 1.54) is 12.3 Å². The third-order valence-electron chi connectivity index (χ3n) is 5.14. The molecule has 3 heterocycles. The van der Waals surface area contributed by atoms with E-state index in [-0.39, 0.29) is 4.90 Å². The number of rotatable bonds is 4. The van der Waals surface area contributed by atoms with Crippen LogP contribution in [0.5, 0.6) is 0 Å². The number of benzene rings is 1. The van der Waals surface area contributed by atoms with Crippen molar-refractivity contribution in [2.45, 2.75) is 30.6 Å². The van der Waals surface area contributed by atoms with Gasteiger partial charge in [-0.05, 0) is 49.1 Å². The van der Waals surface area contributed by atoms with Gasteiger partial charge in [-0.25, -0.2) is 17.2 Å². The van der Waals surface area contributed by atoms with E-state index in [2.05, 4.69) is 4.98 Å². The van der Waals surface area contributed by atoms with Crippen LogP contribution in [0.1, 0.15) is 17.5 Å². The Morgan fingerprint density at radius 3 is 2.61 bits per heavy atom. The number of aromatic nitrogens is 1. The summed E-state index contributed by atoms with van der Waals surface area (Å²) in [5, 5.41) is 0. The predicted octanol–water partition coefficient (Wildman–Crippen LogP) is 2.61. The van der Waals surface area contributed by atoms with Gasteiger partial charge in [0.2, 0.25) is 16.4 Å². The van der Waals surface area contributed by atoms with Gasteiger partial charge in [-0.15, -0.1) is 0 Å². The average molecular weight is 407 g/mol. The van der Waals surface area contributed by atoms with Crippen molar-refractivity contribution in [1.29, 1.82) is 0 Å². The van der Waals surface area contributed by atoms with Crippen LogP contribution in [0.15, 0.2) is 35.4 Å². The van der Waals surface area contributed by atoms with Crippen molar-refractivity contribution in [2.75, 3.05) is 24.5 Å². The molecule has 9 heteroatoms. The van der Waals surface area contributed by atoms with E-state index in [0.717, 1.165) is 40.4 Å². The first-order valence-electron chi connectivity index (χ1n) is 8.91. The van der Waals surface area contributed by atoms with Crippen LogP contribution in [0.2, 0.25) is 0 Å². The number of sulfonamides is 1. The minimum Gasteiger partial charge on any atom is -0.315 e. The lowest BCUT2D eigenvalue weighted by Gasteiger charge is -2.37. The van der Waals surface area contributed by atoms with Crippen molar-refractivity contribution >= 4 is 22.1 Å². The lowest BCUT2D eigenvalue weighted by Crippen LogP contribution is -2.58. The van der Waals surface area contributed by atoms with Gasteiger partial charge in [0.1, 0.15) is 4.90 Å². The summed E-state index contributed by atoms with van der Waals surface area (Å²) in [5.41, 5.74) is 4.00. The van der Waals surface area contributed by atoms with Crippen LogP contribution in [0.3, 0.4) is 0 Å². The Kier molecular flexibility index (Phi) is 4.46. The highest BCUT2D eigenvalue weighted by Gasteiger charge is 2.50. The van der Waals surface area contributed by atoms with Gasteiger partial charge < -0.3 is 4.90 Å². The van der Waals surface area contributed by atoms with Crippen LogP contribution in [0, 0.1) is 6.92 Å². The van der Waals surface area contributed by atoms with E-state index in [9.17, 15) is 22.0 Å². The van der Waals surface area contributed by atoms with Gasteiger partial charge in [0.15, 0.2) is 0 Å². The minimum absolute atomic E-state index is 0.0886. The molecule has 148 valence electrons. The zero-order chi connectivity index (χ0) is 20.1. The normalized spacial score (nSPS) is 19.0. The number of amides is 1. The molecule has 2 aliphatic rings. The Bertz CT molecular complexity index is 1050. The summed E-state index contributed by atoms with van der Waals surface area (Å²) >= 11 is 0. The second-order valence-electron chi connectivity index (χ2n) is 7.21. The van der Waals surface area contributed by atoms with Crippen LogP contribution in [-0.2, 0) is 21.2 Å². The van der Waals surface area contributed by atoms with E-state index < -0.39 is 29.0 Å². The maximum absolute atomic E-state index is 13.0. The Morgan fingerprint density at radius 2 is 1.96 bits per heavy atom. The van der Waals surface area contributed by atoms with Crippen molar-refractivity contribution in [3.63, 3.8) is 0 Å². The molecule has 0 radical (unpaired) electrons. The Balaban J connectivity index is 1.65. The number of pyridine rings is 1. The number of hydrogen-bond donors (Lipinski definition) is 0. The molecule has 0 unspecified atom stereocenters. The number of alkyl halides is 2. The number of nitrogens with zero attached hydrogens (tertiary/aromatic N) is 3. The number of anilines is 1. The maximum Gasteiger partial charge on any atom is 0.275 e. The van der Waals surface area contributed by atoms with E-state index >= 15 is 0 Å². The molecule has 1 fully saturated rings. The summed E-state index contributed by atoms with van der Waals surface area (Å²) in [6, 6.07) is 7.14. The molecule has 0 saturated carbocycles. The Morgan fingerprint density at radius 1 is 1.21 bits per heavy atom. The molecule has 1 aromatic carbocycles. The lowest BCUT2D eigenvalue weighted by molar-refractivity contribution is -0.107. The highest BCUT2D eigenvalue weighted by molar-refractivity contribution is 7.89. The number of aryl methyl sites for hydroxylation is 2. The fourth-order valence-electron chi connectivity index (χ4n) is 3.66. The fraction of sp³-hybridized carbons (Fsp3) is 0.368. The molecule has 0 spiro atoms. The maximum atomic E-state index is 13.0. The largest absolute Gasteiger partial charge is 0.315 e. The summed E-state index contributed by atoms with van der Waals surface area (Å²) in [4.78, 5) is 17.1. The first kappa shape index (κ1) is 18.9.